The molecule has 0 aliphatic heterocycles. The topological polar surface area (TPSA) is 17.1 Å². The molecule has 1 atom stereocenters. The molecule has 0 aromatic rings. The average Bonchev–Trinajstić information content (AvgIpc) is 2.14. The summed E-state index contributed by atoms with van der Waals surface area (Å²) in [5.41, 5.74) is -0.346. The zero-order valence-electron chi connectivity index (χ0n) is 9.00. The number of hydrogen-bond donors (Lipinski definition) is 0. The zero-order chi connectivity index (χ0) is 10.6. The third-order valence-electron chi connectivity index (χ3n) is 2.03. The molecule has 0 radical (unpaired) electrons. The van der Waals surface area contributed by atoms with E-state index in [0.717, 1.165) is 6.42 Å². The van der Waals surface area contributed by atoms with Crippen molar-refractivity contribution in [1.82, 2.24) is 0 Å². The van der Waals surface area contributed by atoms with Crippen molar-refractivity contribution in [3.8, 4) is 11.8 Å². The van der Waals surface area contributed by atoms with Crippen LogP contribution in [0.3, 0.4) is 0 Å². The second kappa shape index (κ2) is 4.28. The molecule has 0 bridgehead atoms. The fourth-order valence-electron chi connectivity index (χ4n) is 1.03. The fraction of sp³-hybridized carbons (Fsp3) is 0.462. The van der Waals surface area contributed by atoms with Crippen LogP contribution < -0.4 is 0 Å². The quantitative estimate of drug-likeness (QED) is 0.422. The molecule has 1 aliphatic rings. The molecule has 0 aromatic carbocycles. The molecule has 0 fully saturated rings. The van der Waals surface area contributed by atoms with Crippen LogP contribution in [0, 0.1) is 23.2 Å². The molecule has 0 N–H and O–H groups in total. The van der Waals surface area contributed by atoms with E-state index < -0.39 is 0 Å². The molecule has 0 aromatic heterocycles. The normalized spacial score (nSPS) is 20.1. The fourth-order valence-corrected chi connectivity index (χ4v) is 1.03. The molecule has 74 valence electrons. The largest absolute Gasteiger partial charge is 0.284 e. The minimum atomic E-state index is -0.346. The van der Waals surface area contributed by atoms with Crippen molar-refractivity contribution in [3.05, 3.63) is 24.3 Å². The van der Waals surface area contributed by atoms with E-state index in [4.69, 9.17) is 0 Å². The number of carbonyl (C=O) groups excluding carboxylic acids is 1. The van der Waals surface area contributed by atoms with Gasteiger partial charge in [-0.1, -0.05) is 51.0 Å². The summed E-state index contributed by atoms with van der Waals surface area (Å²) in [6.45, 7) is 5.67. The molecule has 1 aliphatic carbocycles. The number of carbonyl (C=O) groups is 1. The highest BCUT2D eigenvalue weighted by atomic mass is 16.1. The first-order valence-corrected chi connectivity index (χ1v) is 4.89. The lowest BCUT2D eigenvalue weighted by Gasteiger charge is -2.11. The third kappa shape index (κ3) is 3.22. The summed E-state index contributed by atoms with van der Waals surface area (Å²) >= 11 is 0. The molecule has 0 heterocycles. The SMILES string of the molecule is CC(C)(C)C(=O)C#CC1C=CC=CC1. The maximum atomic E-state index is 11.5. The average molecular weight is 188 g/mol. The Kier molecular flexibility index (Phi) is 3.30. The van der Waals surface area contributed by atoms with Gasteiger partial charge in [-0.3, -0.25) is 4.79 Å². The summed E-state index contributed by atoms with van der Waals surface area (Å²) in [5.74, 6) is 5.94. The molecule has 0 spiro atoms. The Hall–Kier alpha value is -1.29. The van der Waals surface area contributed by atoms with E-state index in [1.807, 2.05) is 39.0 Å². The van der Waals surface area contributed by atoms with E-state index in [-0.39, 0.29) is 17.1 Å². The highest BCUT2D eigenvalue weighted by Crippen LogP contribution is 2.14. The Balaban J connectivity index is 2.60. The highest BCUT2D eigenvalue weighted by molar-refractivity contribution is 5.99. The summed E-state index contributed by atoms with van der Waals surface area (Å²) in [6.07, 6.45) is 9.00. The predicted octanol–water partition coefficient (Wildman–Crippen LogP) is 2.74. The van der Waals surface area contributed by atoms with E-state index in [1.165, 1.54) is 0 Å². The van der Waals surface area contributed by atoms with Gasteiger partial charge >= 0.3 is 0 Å². The smallest absolute Gasteiger partial charge is 0.210 e. The summed E-state index contributed by atoms with van der Waals surface area (Å²) in [4.78, 5) is 11.5. The lowest BCUT2D eigenvalue weighted by molar-refractivity contribution is -0.120. The Labute approximate surface area is 85.9 Å². The molecule has 1 rings (SSSR count). The molecule has 14 heavy (non-hydrogen) atoms. The summed E-state index contributed by atoms with van der Waals surface area (Å²) in [6, 6.07) is 0. The van der Waals surface area contributed by atoms with Crippen LogP contribution in [-0.4, -0.2) is 5.78 Å². The molecule has 1 heteroatoms. The zero-order valence-corrected chi connectivity index (χ0v) is 9.00. The first-order valence-electron chi connectivity index (χ1n) is 4.89. The Morgan fingerprint density at radius 2 is 2.07 bits per heavy atom. The summed E-state index contributed by atoms with van der Waals surface area (Å²) < 4.78 is 0. The van der Waals surface area contributed by atoms with E-state index in [0.29, 0.717) is 0 Å². The van der Waals surface area contributed by atoms with E-state index in [9.17, 15) is 4.79 Å². The maximum Gasteiger partial charge on any atom is 0.210 e. The number of hydrogen-bond acceptors (Lipinski definition) is 1. The number of rotatable bonds is 0. The molecule has 1 unspecified atom stereocenters. The van der Waals surface area contributed by atoms with Gasteiger partial charge in [0, 0.05) is 11.3 Å². The molecule has 0 saturated carbocycles. The van der Waals surface area contributed by atoms with Gasteiger partial charge in [-0.05, 0) is 12.3 Å². The first-order chi connectivity index (χ1) is 6.50. The number of Topliss-reactive ketones (excluding diaryl/α,β-unsaturated/α-hetero) is 1. The lowest BCUT2D eigenvalue weighted by atomic mass is 9.90. The monoisotopic (exact) mass is 188 g/mol. The van der Waals surface area contributed by atoms with Crippen molar-refractivity contribution in [2.24, 2.45) is 11.3 Å². The van der Waals surface area contributed by atoms with Crippen LogP contribution in [0.25, 0.3) is 0 Å². The standard InChI is InChI=1S/C13H16O/c1-13(2,3)12(14)10-9-11-7-5-4-6-8-11/h4-7,11H,8H2,1-3H3. The van der Waals surface area contributed by atoms with Crippen LogP contribution in [0.15, 0.2) is 24.3 Å². The highest BCUT2D eigenvalue weighted by Gasteiger charge is 2.18. The van der Waals surface area contributed by atoms with Crippen LogP contribution in [0.2, 0.25) is 0 Å². The van der Waals surface area contributed by atoms with E-state index in [1.54, 1.807) is 0 Å². The van der Waals surface area contributed by atoms with Gasteiger partial charge in [-0.15, -0.1) is 0 Å². The second-order valence-corrected chi connectivity index (χ2v) is 4.50. The molecular weight excluding hydrogens is 172 g/mol. The van der Waals surface area contributed by atoms with Gasteiger partial charge in [0.05, 0.1) is 0 Å². The van der Waals surface area contributed by atoms with Gasteiger partial charge in [0.1, 0.15) is 0 Å². The number of ketones is 1. The van der Waals surface area contributed by atoms with Crippen LogP contribution in [0.5, 0.6) is 0 Å². The summed E-state index contributed by atoms with van der Waals surface area (Å²) in [7, 11) is 0. The molecule has 1 nitrogen and oxygen atoms in total. The Morgan fingerprint density at radius 3 is 2.57 bits per heavy atom. The van der Waals surface area contributed by atoms with Crippen LogP contribution in [0.4, 0.5) is 0 Å². The molecule has 0 saturated heterocycles. The van der Waals surface area contributed by atoms with Gasteiger partial charge in [-0.25, -0.2) is 0 Å². The van der Waals surface area contributed by atoms with Gasteiger partial charge in [0.15, 0.2) is 0 Å². The molecular formula is C13H16O. The van der Waals surface area contributed by atoms with Crippen LogP contribution in [-0.2, 0) is 4.79 Å². The summed E-state index contributed by atoms with van der Waals surface area (Å²) in [5, 5.41) is 0. The van der Waals surface area contributed by atoms with Gasteiger partial charge in [-0.2, -0.15) is 0 Å². The minimum Gasteiger partial charge on any atom is -0.284 e. The number of allylic oxidation sites excluding steroid dienone is 4. The predicted molar refractivity (Wildman–Crippen MR) is 58.6 cm³/mol. The van der Waals surface area contributed by atoms with Crippen molar-refractivity contribution in [2.45, 2.75) is 27.2 Å². The molecule has 0 amide bonds. The Morgan fingerprint density at radius 1 is 1.36 bits per heavy atom. The van der Waals surface area contributed by atoms with Crippen molar-refractivity contribution >= 4 is 5.78 Å². The van der Waals surface area contributed by atoms with Gasteiger partial charge < -0.3 is 0 Å². The minimum absolute atomic E-state index is 0.0143. The maximum absolute atomic E-state index is 11.5. The Bertz CT molecular complexity index is 328. The van der Waals surface area contributed by atoms with Crippen LogP contribution >= 0.6 is 0 Å². The van der Waals surface area contributed by atoms with Crippen molar-refractivity contribution in [2.75, 3.05) is 0 Å². The lowest BCUT2D eigenvalue weighted by Crippen LogP contribution is -2.18. The third-order valence-corrected chi connectivity index (χ3v) is 2.03. The van der Waals surface area contributed by atoms with Crippen molar-refractivity contribution < 1.29 is 4.79 Å². The van der Waals surface area contributed by atoms with E-state index in [2.05, 4.69) is 17.9 Å². The first kappa shape index (κ1) is 10.8. The van der Waals surface area contributed by atoms with E-state index >= 15 is 0 Å². The van der Waals surface area contributed by atoms with Crippen molar-refractivity contribution in [3.63, 3.8) is 0 Å². The van der Waals surface area contributed by atoms with Gasteiger partial charge in [0.25, 0.3) is 0 Å². The van der Waals surface area contributed by atoms with Crippen molar-refractivity contribution in [1.29, 1.82) is 0 Å². The second-order valence-electron chi connectivity index (χ2n) is 4.50. The van der Waals surface area contributed by atoms with Gasteiger partial charge in [0.2, 0.25) is 5.78 Å². The van der Waals surface area contributed by atoms with Crippen LogP contribution in [0.1, 0.15) is 27.2 Å².